The summed E-state index contributed by atoms with van der Waals surface area (Å²) in [7, 11) is 0. The van der Waals surface area contributed by atoms with Crippen LogP contribution in [-0.2, 0) is 28.6 Å². The number of rotatable bonds is 39. The van der Waals surface area contributed by atoms with Gasteiger partial charge in [-0.15, -0.1) is 0 Å². The summed E-state index contributed by atoms with van der Waals surface area (Å²) in [5, 5.41) is 0. The molecule has 1 unspecified atom stereocenters. The highest BCUT2D eigenvalue weighted by atomic mass is 16.6. The van der Waals surface area contributed by atoms with E-state index in [0.717, 1.165) is 89.9 Å². The van der Waals surface area contributed by atoms with Crippen LogP contribution in [0.5, 0.6) is 0 Å². The van der Waals surface area contributed by atoms with Crippen molar-refractivity contribution in [2.75, 3.05) is 13.2 Å². The Balaban J connectivity index is 4.59. The smallest absolute Gasteiger partial charge is 0.309 e. The van der Waals surface area contributed by atoms with Crippen LogP contribution >= 0.6 is 0 Å². The second kappa shape index (κ2) is 47.2. The standard InChI is InChI=1S/C54H82O6/c1-4-7-10-13-16-19-21-23-25-27-29-30-32-35-38-41-44-47-53(56)59-50-51(49-58-52(55)46-43-40-37-34-18-15-12-9-6-3)60-54(57)48-45-42-39-36-33-31-28-26-24-22-20-17-14-11-8-5-2/h8-9,11-12,16-20,23-26,29-31,33-35,38,40,43,51H,4-7,10,13-15,21-22,27-28,32,36-37,39,41-42,44-50H2,1-3H3/b11-8-,12-9-,19-16-,20-17-,25-23-,26-24-,30-29-,33-31-,34-18-,38-35-,43-40-. The molecule has 60 heavy (non-hydrogen) atoms. The van der Waals surface area contributed by atoms with Gasteiger partial charge in [0.25, 0.3) is 0 Å². The third kappa shape index (κ3) is 44.6. The maximum atomic E-state index is 12.7. The molecule has 0 aliphatic heterocycles. The fraction of sp³-hybridized carbons (Fsp3) is 0.537. The van der Waals surface area contributed by atoms with Gasteiger partial charge in [-0.3, -0.25) is 14.4 Å². The van der Waals surface area contributed by atoms with Crippen LogP contribution in [0.2, 0.25) is 0 Å². The van der Waals surface area contributed by atoms with Gasteiger partial charge in [0.05, 0.1) is 6.42 Å². The quantitative estimate of drug-likeness (QED) is 0.0266. The lowest BCUT2D eigenvalue weighted by molar-refractivity contribution is -0.166. The monoisotopic (exact) mass is 827 g/mol. The maximum absolute atomic E-state index is 12.7. The summed E-state index contributed by atoms with van der Waals surface area (Å²) < 4.78 is 16.5. The lowest BCUT2D eigenvalue weighted by atomic mass is 10.1. The van der Waals surface area contributed by atoms with Gasteiger partial charge in [0, 0.05) is 12.8 Å². The van der Waals surface area contributed by atoms with E-state index in [2.05, 4.69) is 142 Å². The molecule has 0 radical (unpaired) electrons. The average Bonchev–Trinajstić information content (AvgIpc) is 3.24. The minimum absolute atomic E-state index is 0.112. The van der Waals surface area contributed by atoms with E-state index in [1.54, 1.807) is 6.08 Å². The van der Waals surface area contributed by atoms with Gasteiger partial charge in [0.1, 0.15) is 13.2 Å². The summed E-state index contributed by atoms with van der Waals surface area (Å²) >= 11 is 0. The highest BCUT2D eigenvalue weighted by Gasteiger charge is 2.19. The zero-order valence-corrected chi connectivity index (χ0v) is 37.9. The Bertz CT molecular complexity index is 1370. The molecule has 6 heteroatoms. The van der Waals surface area contributed by atoms with Crippen molar-refractivity contribution in [1.82, 2.24) is 0 Å². The molecule has 0 aliphatic carbocycles. The molecule has 0 amide bonds. The van der Waals surface area contributed by atoms with Crippen molar-refractivity contribution < 1.29 is 28.6 Å². The van der Waals surface area contributed by atoms with Crippen LogP contribution in [0.15, 0.2) is 134 Å². The summed E-state index contributed by atoms with van der Waals surface area (Å²) in [6.45, 7) is 6.16. The Morgan fingerprint density at radius 1 is 0.367 bits per heavy atom. The van der Waals surface area contributed by atoms with Crippen LogP contribution in [0.1, 0.15) is 168 Å². The molecule has 0 heterocycles. The molecule has 0 rings (SSSR count). The van der Waals surface area contributed by atoms with E-state index in [9.17, 15) is 14.4 Å². The van der Waals surface area contributed by atoms with Crippen LogP contribution in [0.25, 0.3) is 0 Å². The first kappa shape index (κ1) is 55.5. The lowest BCUT2D eigenvalue weighted by Gasteiger charge is -2.18. The Hall–Kier alpha value is -4.45. The molecule has 0 bridgehead atoms. The van der Waals surface area contributed by atoms with Crippen LogP contribution in [0, 0.1) is 0 Å². The minimum Gasteiger partial charge on any atom is -0.462 e. The number of ether oxygens (including phenoxy) is 3. The van der Waals surface area contributed by atoms with Gasteiger partial charge < -0.3 is 14.2 Å². The summed E-state index contributed by atoms with van der Waals surface area (Å²) in [6, 6.07) is 0. The van der Waals surface area contributed by atoms with E-state index in [4.69, 9.17) is 14.2 Å². The van der Waals surface area contributed by atoms with Gasteiger partial charge in [0.2, 0.25) is 0 Å². The molecule has 0 aromatic rings. The lowest BCUT2D eigenvalue weighted by Crippen LogP contribution is -2.30. The summed E-state index contributed by atoms with van der Waals surface area (Å²) in [5.74, 6) is -1.18. The van der Waals surface area contributed by atoms with Crippen molar-refractivity contribution in [3.05, 3.63) is 134 Å². The molecule has 334 valence electrons. The molecule has 0 saturated carbocycles. The van der Waals surface area contributed by atoms with Crippen molar-refractivity contribution in [1.29, 1.82) is 0 Å². The number of carbonyl (C=O) groups is 3. The summed E-state index contributed by atoms with van der Waals surface area (Å²) in [5.41, 5.74) is 0. The van der Waals surface area contributed by atoms with Crippen LogP contribution in [-0.4, -0.2) is 37.2 Å². The summed E-state index contributed by atoms with van der Waals surface area (Å²) in [4.78, 5) is 37.7. The van der Waals surface area contributed by atoms with E-state index in [1.807, 2.05) is 6.08 Å². The maximum Gasteiger partial charge on any atom is 0.309 e. The first-order chi connectivity index (χ1) is 29.5. The van der Waals surface area contributed by atoms with E-state index in [0.29, 0.717) is 12.8 Å². The molecule has 0 aromatic carbocycles. The summed E-state index contributed by atoms with van der Waals surface area (Å²) in [6.07, 6.45) is 66.2. The van der Waals surface area contributed by atoms with Crippen molar-refractivity contribution in [2.45, 2.75) is 175 Å². The normalized spacial score (nSPS) is 13.3. The SMILES string of the molecule is CC/C=C\C/C=C\C/C=C\C/C=C\CCCCCC(=O)OC(COC(=O)C/C=C\C/C=C\C/C=C\CC)COC(=O)CCC/C=C\C/C=C\C/C=C\C/C=C\CCCCC. The average molecular weight is 827 g/mol. The largest absolute Gasteiger partial charge is 0.462 e. The number of hydrogen-bond acceptors (Lipinski definition) is 6. The molecule has 1 atom stereocenters. The predicted octanol–water partition coefficient (Wildman–Crippen LogP) is 15.1. The second-order valence-corrected chi connectivity index (χ2v) is 14.6. The van der Waals surface area contributed by atoms with E-state index in [-0.39, 0.29) is 44.4 Å². The van der Waals surface area contributed by atoms with Crippen LogP contribution in [0.3, 0.4) is 0 Å². The Kier molecular flexibility index (Phi) is 43.7. The molecule has 0 spiro atoms. The van der Waals surface area contributed by atoms with E-state index in [1.165, 1.54) is 25.7 Å². The zero-order valence-electron chi connectivity index (χ0n) is 37.9. The van der Waals surface area contributed by atoms with Gasteiger partial charge in [-0.25, -0.2) is 0 Å². The number of hydrogen-bond donors (Lipinski definition) is 0. The van der Waals surface area contributed by atoms with Crippen LogP contribution < -0.4 is 0 Å². The number of unbranched alkanes of at least 4 members (excludes halogenated alkanes) is 7. The van der Waals surface area contributed by atoms with Crippen LogP contribution in [0.4, 0.5) is 0 Å². The Labute approximate surface area is 366 Å². The van der Waals surface area contributed by atoms with Crippen molar-refractivity contribution >= 4 is 17.9 Å². The third-order valence-corrected chi connectivity index (χ3v) is 8.90. The first-order valence-electron chi connectivity index (χ1n) is 23.2. The number of allylic oxidation sites excluding steroid dienone is 21. The van der Waals surface area contributed by atoms with E-state index < -0.39 is 12.1 Å². The topological polar surface area (TPSA) is 78.9 Å². The molecular weight excluding hydrogens is 745 g/mol. The molecule has 0 N–H and O–H groups in total. The van der Waals surface area contributed by atoms with Crippen molar-refractivity contribution in [3.8, 4) is 0 Å². The highest BCUT2D eigenvalue weighted by molar-refractivity contribution is 5.72. The van der Waals surface area contributed by atoms with Crippen molar-refractivity contribution in [2.24, 2.45) is 0 Å². The number of esters is 3. The number of carbonyl (C=O) groups excluding carboxylic acids is 3. The Morgan fingerprint density at radius 3 is 1.18 bits per heavy atom. The third-order valence-electron chi connectivity index (χ3n) is 8.90. The van der Waals surface area contributed by atoms with E-state index >= 15 is 0 Å². The highest BCUT2D eigenvalue weighted by Crippen LogP contribution is 2.09. The first-order valence-corrected chi connectivity index (χ1v) is 23.2. The van der Waals surface area contributed by atoms with Gasteiger partial charge in [-0.05, 0) is 109 Å². The molecule has 6 nitrogen and oxygen atoms in total. The van der Waals surface area contributed by atoms with Gasteiger partial charge >= 0.3 is 17.9 Å². The predicted molar refractivity (Wildman–Crippen MR) is 256 cm³/mol. The fourth-order valence-electron chi connectivity index (χ4n) is 5.48. The second-order valence-electron chi connectivity index (χ2n) is 14.6. The zero-order chi connectivity index (χ0) is 43.7. The van der Waals surface area contributed by atoms with Crippen molar-refractivity contribution in [3.63, 3.8) is 0 Å². The molecular formula is C54H82O6. The Morgan fingerprint density at radius 2 is 0.733 bits per heavy atom. The van der Waals surface area contributed by atoms with Gasteiger partial charge in [-0.2, -0.15) is 0 Å². The minimum atomic E-state index is -0.855. The van der Waals surface area contributed by atoms with Gasteiger partial charge in [-0.1, -0.05) is 174 Å². The molecule has 0 aromatic heterocycles. The fourth-order valence-corrected chi connectivity index (χ4v) is 5.48. The molecule has 0 fully saturated rings. The van der Waals surface area contributed by atoms with Gasteiger partial charge in [0.15, 0.2) is 6.10 Å². The molecule has 0 aliphatic rings. The molecule has 0 saturated heterocycles.